The van der Waals surface area contributed by atoms with Gasteiger partial charge in [-0.25, -0.2) is 0 Å². The van der Waals surface area contributed by atoms with E-state index in [1.807, 2.05) is 0 Å². The van der Waals surface area contributed by atoms with Crippen LogP contribution < -0.4 is 0 Å². The fraction of sp³-hybridized carbons (Fsp3) is 0.952. The molecule has 0 aromatic heterocycles. The minimum Gasteiger partial charge on any atom is -0.396 e. The second-order valence-corrected chi connectivity index (χ2v) is 9.99. The summed E-state index contributed by atoms with van der Waals surface area (Å²) in [7, 11) is 0. The Labute approximate surface area is 148 Å². The van der Waals surface area contributed by atoms with Crippen LogP contribution in [0.1, 0.15) is 85.0 Å². The van der Waals surface area contributed by atoms with Gasteiger partial charge in [0, 0.05) is 24.1 Å². The zero-order valence-electron chi connectivity index (χ0n) is 16.0. The topological polar surface area (TPSA) is 40.5 Å². The SMILES string of the molecule is CC(C)(C)C(=O)N(CCCCCCO)C12CC3CC(CC(C3)C1)C2. The Kier molecular flexibility index (Phi) is 5.30. The van der Waals surface area contributed by atoms with Gasteiger partial charge in [-0.2, -0.15) is 0 Å². The second-order valence-electron chi connectivity index (χ2n) is 9.99. The van der Waals surface area contributed by atoms with E-state index in [1.165, 1.54) is 38.5 Å². The third kappa shape index (κ3) is 3.66. The molecule has 4 saturated carbocycles. The summed E-state index contributed by atoms with van der Waals surface area (Å²) in [6.45, 7) is 7.45. The summed E-state index contributed by atoms with van der Waals surface area (Å²) in [5, 5.41) is 8.96. The highest BCUT2D eigenvalue weighted by Crippen LogP contribution is 2.58. The first-order chi connectivity index (χ1) is 11.3. The number of carbonyl (C=O) groups excluding carboxylic acids is 1. The number of carbonyl (C=O) groups is 1. The second kappa shape index (κ2) is 6.97. The first-order valence-corrected chi connectivity index (χ1v) is 10.3. The Balaban J connectivity index is 1.73. The quantitative estimate of drug-likeness (QED) is 0.701. The predicted molar refractivity (Wildman–Crippen MR) is 97.6 cm³/mol. The van der Waals surface area contributed by atoms with Crippen molar-refractivity contribution in [2.75, 3.05) is 13.2 Å². The van der Waals surface area contributed by atoms with E-state index in [1.54, 1.807) is 0 Å². The number of aliphatic hydroxyl groups is 1. The third-order valence-corrected chi connectivity index (χ3v) is 6.76. The first kappa shape index (κ1) is 18.2. The molecular weight excluding hydrogens is 298 g/mol. The molecule has 3 heteroatoms. The molecule has 4 fully saturated rings. The van der Waals surface area contributed by atoms with Crippen molar-refractivity contribution in [3.63, 3.8) is 0 Å². The van der Waals surface area contributed by atoms with Gasteiger partial charge in [0.05, 0.1) is 0 Å². The lowest BCUT2D eigenvalue weighted by molar-refractivity contribution is -0.159. The number of unbranched alkanes of at least 4 members (excludes halogenated alkanes) is 3. The molecular formula is C21H37NO2. The highest BCUT2D eigenvalue weighted by atomic mass is 16.2. The zero-order chi connectivity index (χ0) is 17.4. The number of nitrogens with zero attached hydrogens (tertiary/aromatic N) is 1. The average Bonchev–Trinajstić information content (AvgIpc) is 2.47. The van der Waals surface area contributed by atoms with E-state index in [9.17, 15) is 4.79 Å². The average molecular weight is 336 g/mol. The van der Waals surface area contributed by atoms with E-state index in [4.69, 9.17) is 5.11 Å². The molecule has 4 bridgehead atoms. The lowest BCUT2D eigenvalue weighted by Gasteiger charge is -2.61. The summed E-state index contributed by atoms with van der Waals surface area (Å²) in [5.74, 6) is 2.99. The monoisotopic (exact) mass is 335 g/mol. The summed E-state index contributed by atoms with van der Waals surface area (Å²) in [6.07, 6.45) is 12.2. The summed E-state index contributed by atoms with van der Waals surface area (Å²) in [5.41, 5.74) is -0.107. The van der Waals surface area contributed by atoms with E-state index in [2.05, 4.69) is 25.7 Å². The van der Waals surface area contributed by atoms with Crippen molar-refractivity contribution in [2.45, 2.75) is 90.5 Å². The van der Waals surface area contributed by atoms with Crippen LogP contribution >= 0.6 is 0 Å². The van der Waals surface area contributed by atoms with Crippen molar-refractivity contribution in [1.82, 2.24) is 4.90 Å². The van der Waals surface area contributed by atoms with Crippen molar-refractivity contribution in [3.8, 4) is 0 Å². The largest absolute Gasteiger partial charge is 0.396 e. The minimum absolute atomic E-state index is 0.177. The van der Waals surface area contributed by atoms with Crippen LogP contribution in [-0.4, -0.2) is 34.6 Å². The normalized spacial score (nSPS) is 34.6. The molecule has 0 aromatic carbocycles. The van der Waals surface area contributed by atoms with Crippen molar-refractivity contribution in [1.29, 1.82) is 0 Å². The third-order valence-electron chi connectivity index (χ3n) is 6.76. The summed E-state index contributed by atoms with van der Waals surface area (Å²) in [6, 6.07) is 0. The molecule has 0 radical (unpaired) electrons. The molecule has 4 rings (SSSR count). The molecule has 3 nitrogen and oxygen atoms in total. The fourth-order valence-electron chi connectivity index (χ4n) is 6.09. The smallest absolute Gasteiger partial charge is 0.228 e. The Bertz CT molecular complexity index is 416. The van der Waals surface area contributed by atoms with E-state index in [-0.39, 0.29) is 11.0 Å². The minimum atomic E-state index is -0.283. The van der Waals surface area contributed by atoms with Gasteiger partial charge in [-0.15, -0.1) is 0 Å². The van der Waals surface area contributed by atoms with E-state index < -0.39 is 0 Å². The molecule has 138 valence electrons. The van der Waals surface area contributed by atoms with Crippen LogP contribution in [0.5, 0.6) is 0 Å². The molecule has 0 unspecified atom stereocenters. The summed E-state index contributed by atoms with van der Waals surface area (Å²) < 4.78 is 0. The molecule has 0 heterocycles. The highest BCUT2D eigenvalue weighted by molar-refractivity contribution is 5.82. The van der Waals surface area contributed by atoms with Crippen LogP contribution in [0.25, 0.3) is 0 Å². The number of aliphatic hydroxyl groups excluding tert-OH is 1. The van der Waals surface area contributed by atoms with Gasteiger partial charge in [-0.3, -0.25) is 4.79 Å². The maximum atomic E-state index is 13.3. The lowest BCUT2D eigenvalue weighted by Crippen LogP contribution is -2.63. The Morgan fingerprint density at radius 3 is 1.92 bits per heavy atom. The van der Waals surface area contributed by atoms with E-state index in [0.29, 0.717) is 12.5 Å². The van der Waals surface area contributed by atoms with Gasteiger partial charge < -0.3 is 10.0 Å². The molecule has 0 aromatic rings. The molecule has 0 atom stereocenters. The van der Waals surface area contributed by atoms with Gasteiger partial charge in [0.25, 0.3) is 0 Å². The molecule has 24 heavy (non-hydrogen) atoms. The first-order valence-electron chi connectivity index (χ1n) is 10.3. The molecule has 0 aliphatic heterocycles. The Hall–Kier alpha value is -0.570. The van der Waals surface area contributed by atoms with Crippen LogP contribution in [0.15, 0.2) is 0 Å². The van der Waals surface area contributed by atoms with Crippen LogP contribution in [0, 0.1) is 23.2 Å². The van der Waals surface area contributed by atoms with Gasteiger partial charge in [0.2, 0.25) is 5.91 Å². The zero-order valence-corrected chi connectivity index (χ0v) is 16.0. The summed E-state index contributed by atoms with van der Waals surface area (Å²) in [4.78, 5) is 15.6. The van der Waals surface area contributed by atoms with Crippen LogP contribution in [0.3, 0.4) is 0 Å². The molecule has 0 spiro atoms. The van der Waals surface area contributed by atoms with Gasteiger partial charge >= 0.3 is 0 Å². The molecule has 1 amide bonds. The Morgan fingerprint density at radius 2 is 1.46 bits per heavy atom. The fourth-order valence-corrected chi connectivity index (χ4v) is 6.09. The molecule has 4 aliphatic carbocycles. The standard InChI is InChI=1S/C21H37NO2/c1-20(2,3)19(24)22(8-6-4-5-7-9-23)21-13-16-10-17(14-21)12-18(11-16)15-21/h16-18,23H,4-15H2,1-3H3. The van der Waals surface area contributed by atoms with E-state index >= 15 is 0 Å². The van der Waals surface area contributed by atoms with Crippen LogP contribution in [0.2, 0.25) is 0 Å². The van der Waals surface area contributed by atoms with Crippen molar-refractivity contribution >= 4 is 5.91 Å². The number of hydrogen-bond donors (Lipinski definition) is 1. The Morgan fingerprint density at radius 1 is 0.958 bits per heavy atom. The van der Waals surface area contributed by atoms with Gasteiger partial charge in [0.1, 0.15) is 0 Å². The van der Waals surface area contributed by atoms with E-state index in [0.717, 1.165) is 50.0 Å². The highest BCUT2D eigenvalue weighted by Gasteiger charge is 2.55. The molecule has 4 aliphatic rings. The predicted octanol–water partition coefficient (Wildman–Crippen LogP) is 4.38. The van der Waals surface area contributed by atoms with Crippen LogP contribution in [0.4, 0.5) is 0 Å². The maximum Gasteiger partial charge on any atom is 0.228 e. The molecule has 0 saturated heterocycles. The van der Waals surface area contributed by atoms with Gasteiger partial charge in [-0.1, -0.05) is 33.6 Å². The summed E-state index contributed by atoms with van der Waals surface area (Å²) >= 11 is 0. The lowest BCUT2D eigenvalue weighted by atomic mass is 9.52. The van der Waals surface area contributed by atoms with Crippen molar-refractivity contribution in [2.24, 2.45) is 23.2 Å². The van der Waals surface area contributed by atoms with Gasteiger partial charge in [0.15, 0.2) is 0 Å². The van der Waals surface area contributed by atoms with Gasteiger partial charge in [-0.05, 0) is 69.1 Å². The van der Waals surface area contributed by atoms with Crippen LogP contribution in [-0.2, 0) is 4.79 Å². The van der Waals surface area contributed by atoms with Crippen molar-refractivity contribution < 1.29 is 9.90 Å². The maximum absolute atomic E-state index is 13.3. The number of rotatable bonds is 7. The van der Waals surface area contributed by atoms with Crippen molar-refractivity contribution in [3.05, 3.63) is 0 Å². The molecule has 1 N–H and O–H groups in total. The number of hydrogen-bond acceptors (Lipinski definition) is 2. The number of amides is 1.